The standard InChI is InChI=1S/C18H20N2OSi/c1-14(21)20(16-7-5-15(13-19)6-8-16)17-9-11-18(12-10-17)22(2,3)4/h5-12H,1-4H3. The average molecular weight is 308 g/mol. The van der Waals surface area contributed by atoms with Gasteiger partial charge in [-0.3, -0.25) is 9.69 Å². The van der Waals surface area contributed by atoms with E-state index in [2.05, 4.69) is 37.8 Å². The molecule has 0 radical (unpaired) electrons. The van der Waals surface area contributed by atoms with Gasteiger partial charge in [0.1, 0.15) is 0 Å². The van der Waals surface area contributed by atoms with E-state index in [9.17, 15) is 4.79 Å². The van der Waals surface area contributed by atoms with Gasteiger partial charge in [0.15, 0.2) is 0 Å². The second-order valence-corrected chi connectivity index (χ2v) is 11.4. The fraction of sp³-hybridized carbons (Fsp3) is 0.222. The Balaban J connectivity index is 2.40. The summed E-state index contributed by atoms with van der Waals surface area (Å²) in [4.78, 5) is 13.7. The summed E-state index contributed by atoms with van der Waals surface area (Å²) < 4.78 is 0. The Morgan fingerprint density at radius 1 is 0.955 bits per heavy atom. The van der Waals surface area contributed by atoms with Gasteiger partial charge in [-0.05, 0) is 36.4 Å². The van der Waals surface area contributed by atoms with E-state index >= 15 is 0 Å². The van der Waals surface area contributed by atoms with Gasteiger partial charge in [-0.1, -0.05) is 37.0 Å². The fourth-order valence-corrected chi connectivity index (χ4v) is 3.47. The average Bonchev–Trinajstić information content (AvgIpc) is 2.47. The Morgan fingerprint density at radius 2 is 1.41 bits per heavy atom. The van der Waals surface area contributed by atoms with E-state index in [1.54, 1.807) is 36.1 Å². The highest BCUT2D eigenvalue weighted by atomic mass is 28.3. The van der Waals surface area contributed by atoms with Crippen molar-refractivity contribution >= 4 is 30.5 Å². The Bertz CT molecular complexity index is 707. The molecule has 2 aromatic rings. The molecule has 0 aromatic heterocycles. The van der Waals surface area contributed by atoms with Crippen molar-refractivity contribution in [3.8, 4) is 6.07 Å². The van der Waals surface area contributed by atoms with E-state index in [1.165, 1.54) is 5.19 Å². The first-order chi connectivity index (χ1) is 10.3. The molecule has 0 N–H and O–H groups in total. The van der Waals surface area contributed by atoms with Crippen LogP contribution in [0.1, 0.15) is 12.5 Å². The number of anilines is 2. The number of amides is 1. The minimum atomic E-state index is -1.35. The van der Waals surface area contributed by atoms with Gasteiger partial charge in [0.2, 0.25) is 5.91 Å². The van der Waals surface area contributed by atoms with Crippen molar-refractivity contribution in [2.24, 2.45) is 0 Å². The topological polar surface area (TPSA) is 44.1 Å². The van der Waals surface area contributed by atoms with Crippen molar-refractivity contribution in [3.05, 3.63) is 54.1 Å². The second kappa shape index (κ2) is 6.16. The molecule has 0 unspecified atom stereocenters. The molecular formula is C18H20N2OSi. The zero-order chi connectivity index (χ0) is 16.3. The molecule has 112 valence electrons. The molecule has 0 fully saturated rings. The molecule has 0 aliphatic carbocycles. The maximum absolute atomic E-state index is 12.1. The van der Waals surface area contributed by atoms with E-state index in [0.29, 0.717) is 5.56 Å². The van der Waals surface area contributed by atoms with Gasteiger partial charge in [-0.2, -0.15) is 5.26 Å². The van der Waals surface area contributed by atoms with Crippen LogP contribution in [0.4, 0.5) is 11.4 Å². The summed E-state index contributed by atoms with van der Waals surface area (Å²) in [5.74, 6) is -0.0505. The third-order valence-electron chi connectivity index (χ3n) is 3.56. The van der Waals surface area contributed by atoms with Crippen LogP contribution in [-0.4, -0.2) is 14.0 Å². The van der Waals surface area contributed by atoms with Crippen LogP contribution >= 0.6 is 0 Å². The maximum Gasteiger partial charge on any atom is 0.228 e. The molecule has 0 saturated heterocycles. The Kier molecular flexibility index (Phi) is 4.48. The maximum atomic E-state index is 12.1. The van der Waals surface area contributed by atoms with Crippen molar-refractivity contribution in [3.63, 3.8) is 0 Å². The molecule has 0 spiro atoms. The highest BCUT2D eigenvalue weighted by molar-refractivity contribution is 6.88. The third-order valence-corrected chi connectivity index (χ3v) is 5.63. The van der Waals surface area contributed by atoms with E-state index in [1.807, 2.05) is 12.1 Å². The number of benzene rings is 2. The molecule has 0 heterocycles. The second-order valence-electron chi connectivity index (χ2n) is 6.31. The number of hydrogen-bond acceptors (Lipinski definition) is 2. The van der Waals surface area contributed by atoms with Crippen LogP contribution in [0.5, 0.6) is 0 Å². The van der Waals surface area contributed by atoms with Crippen LogP contribution in [-0.2, 0) is 4.79 Å². The highest BCUT2D eigenvalue weighted by Gasteiger charge is 2.18. The SMILES string of the molecule is CC(=O)N(c1ccc(C#N)cc1)c1ccc([Si](C)(C)C)cc1. The molecule has 3 nitrogen and oxygen atoms in total. The first-order valence-electron chi connectivity index (χ1n) is 7.24. The summed E-state index contributed by atoms with van der Waals surface area (Å²) in [5.41, 5.74) is 2.20. The predicted octanol–water partition coefficient (Wildman–Crippen LogP) is 3.79. The summed E-state index contributed by atoms with van der Waals surface area (Å²) >= 11 is 0. The lowest BCUT2D eigenvalue weighted by Gasteiger charge is -2.23. The first kappa shape index (κ1) is 16.0. The van der Waals surface area contributed by atoms with Gasteiger partial charge < -0.3 is 0 Å². The quantitative estimate of drug-likeness (QED) is 0.810. The Labute approximate surface area is 132 Å². The minimum absolute atomic E-state index is 0.0505. The molecule has 2 aromatic carbocycles. The molecule has 2 rings (SSSR count). The molecule has 0 atom stereocenters. The number of nitrogens with zero attached hydrogens (tertiary/aromatic N) is 2. The lowest BCUT2D eigenvalue weighted by Crippen LogP contribution is -2.37. The first-order valence-corrected chi connectivity index (χ1v) is 10.7. The lowest BCUT2D eigenvalue weighted by atomic mass is 10.2. The van der Waals surface area contributed by atoms with Gasteiger partial charge in [0.25, 0.3) is 0 Å². The zero-order valence-corrected chi connectivity index (χ0v) is 14.4. The summed E-state index contributed by atoms with van der Waals surface area (Å²) in [7, 11) is -1.35. The summed E-state index contributed by atoms with van der Waals surface area (Å²) in [6.07, 6.45) is 0. The van der Waals surface area contributed by atoms with Crippen LogP contribution in [0.25, 0.3) is 0 Å². The van der Waals surface area contributed by atoms with E-state index in [0.717, 1.165) is 11.4 Å². The molecule has 0 aliphatic rings. The molecular weight excluding hydrogens is 288 g/mol. The zero-order valence-electron chi connectivity index (χ0n) is 13.4. The van der Waals surface area contributed by atoms with Crippen molar-refractivity contribution in [2.75, 3.05) is 4.90 Å². The molecule has 0 bridgehead atoms. The van der Waals surface area contributed by atoms with E-state index in [4.69, 9.17) is 5.26 Å². The Hall–Kier alpha value is -2.38. The van der Waals surface area contributed by atoms with Crippen molar-refractivity contribution in [1.82, 2.24) is 0 Å². The van der Waals surface area contributed by atoms with Crippen LogP contribution in [0.3, 0.4) is 0 Å². The monoisotopic (exact) mass is 308 g/mol. The van der Waals surface area contributed by atoms with Gasteiger partial charge in [-0.15, -0.1) is 0 Å². The van der Waals surface area contributed by atoms with Gasteiger partial charge >= 0.3 is 0 Å². The predicted molar refractivity (Wildman–Crippen MR) is 93.4 cm³/mol. The molecule has 0 saturated carbocycles. The molecule has 0 aliphatic heterocycles. The van der Waals surface area contributed by atoms with Crippen molar-refractivity contribution < 1.29 is 4.79 Å². The highest BCUT2D eigenvalue weighted by Crippen LogP contribution is 2.25. The van der Waals surface area contributed by atoms with Gasteiger partial charge in [0, 0.05) is 18.3 Å². The van der Waals surface area contributed by atoms with Crippen LogP contribution in [0.15, 0.2) is 48.5 Å². The fourth-order valence-electron chi connectivity index (χ4n) is 2.31. The number of nitriles is 1. The van der Waals surface area contributed by atoms with Crippen molar-refractivity contribution in [1.29, 1.82) is 5.26 Å². The van der Waals surface area contributed by atoms with Gasteiger partial charge in [-0.25, -0.2) is 0 Å². The lowest BCUT2D eigenvalue weighted by molar-refractivity contribution is -0.115. The number of hydrogen-bond donors (Lipinski definition) is 0. The van der Waals surface area contributed by atoms with Gasteiger partial charge in [0.05, 0.1) is 19.7 Å². The van der Waals surface area contributed by atoms with Crippen LogP contribution in [0.2, 0.25) is 19.6 Å². The third kappa shape index (κ3) is 3.44. The minimum Gasteiger partial charge on any atom is -0.281 e. The van der Waals surface area contributed by atoms with Crippen LogP contribution < -0.4 is 10.1 Å². The van der Waals surface area contributed by atoms with Crippen LogP contribution in [0, 0.1) is 11.3 Å². The number of carbonyl (C=O) groups excluding carboxylic acids is 1. The largest absolute Gasteiger partial charge is 0.281 e. The van der Waals surface area contributed by atoms with E-state index in [-0.39, 0.29) is 5.91 Å². The number of rotatable bonds is 3. The molecule has 4 heteroatoms. The number of carbonyl (C=O) groups is 1. The molecule has 22 heavy (non-hydrogen) atoms. The smallest absolute Gasteiger partial charge is 0.228 e. The Morgan fingerprint density at radius 3 is 1.77 bits per heavy atom. The van der Waals surface area contributed by atoms with E-state index < -0.39 is 8.07 Å². The van der Waals surface area contributed by atoms with Crippen molar-refractivity contribution in [2.45, 2.75) is 26.6 Å². The summed E-state index contributed by atoms with van der Waals surface area (Å²) in [6, 6.07) is 17.3. The summed E-state index contributed by atoms with van der Waals surface area (Å²) in [5, 5.41) is 10.2. The molecule has 1 amide bonds. The normalized spacial score (nSPS) is 10.9. The summed E-state index contributed by atoms with van der Waals surface area (Å²) in [6.45, 7) is 8.44.